The van der Waals surface area contributed by atoms with Crippen molar-refractivity contribution in [3.63, 3.8) is 0 Å². The molecule has 0 saturated carbocycles. The summed E-state index contributed by atoms with van der Waals surface area (Å²) >= 11 is 0. The number of cyclic esters (lactones) is 1. The molecule has 70 heavy (non-hydrogen) atoms. The number of carbonyl (C=O) groups is 3. The van der Waals surface area contributed by atoms with Crippen LogP contribution in [0.25, 0.3) is 44.7 Å². The normalized spacial score (nSPS) is 19.0. The molecule has 1 saturated heterocycles. The largest absolute Gasteiger partial charge is 0.508 e. The van der Waals surface area contributed by atoms with Crippen LogP contribution in [0.3, 0.4) is 0 Å². The topological polar surface area (TPSA) is 224 Å². The quantitative estimate of drug-likeness (QED) is 0.0927. The van der Waals surface area contributed by atoms with Gasteiger partial charge in [-0.25, -0.2) is 19.0 Å². The predicted octanol–water partition coefficient (Wildman–Crippen LogP) is 7.42. The van der Waals surface area contributed by atoms with E-state index in [1.807, 2.05) is 26.0 Å². The lowest BCUT2D eigenvalue weighted by atomic mass is 9.78. The van der Waals surface area contributed by atoms with Crippen LogP contribution >= 0.6 is 0 Å². The number of pyridine rings is 2. The second-order valence-corrected chi connectivity index (χ2v) is 19.6. The molecule has 4 aliphatic rings. The van der Waals surface area contributed by atoms with E-state index < -0.39 is 59.4 Å². The fraction of sp³-hybridized carbons (Fsp3) is 0.396. The number of fused-ring (bicyclic) bond motifs is 5. The number of aliphatic carboxylic acids is 1. The number of hydrogen-bond donors (Lipinski definition) is 4. The Labute approximate surface area is 402 Å². The highest BCUT2D eigenvalue weighted by Gasteiger charge is 2.58. The van der Waals surface area contributed by atoms with Crippen LogP contribution in [-0.2, 0) is 50.7 Å². The molecular weight excluding hydrogens is 900 g/mol. The number of esters is 1. The van der Waals surface area contributed by atoms with E-state index in [0.29, 0.717) is 71.8 Å². The number of hydrogen-bond acceptors (Lipinski definition) is 13. The number of aromatic nitrogens is 3. The summed E-state index contributed by atoms with van der Waals surface area (Å²) in [6.07, 6.45) is 0.853. The Morgan fingerprint density at radius 2 is 1.73 bits per heavy atom. The van der Waals surface area contributed by atoms with Gasteiger partial charge in [0.15, 0.2) is 17.0 Å². The van der Waals surface area contributed by atoms with Gasteiger partial charge in [-0.15, -0.1) is 0 Å². The van der Waals surface area contributed by atoms with Crippen LogP contribution in [0, 0.1) is 18.7 Å². The number of phenols is 2. The van der Waals surface area contributed by atoms with Crippen LogP contribution in [0.15, 0.2) is 57.8 Å². The summed E-state index contributed by atoms with van der Waals surface area (Å²) in [5.41, 5.74) is 9.59. The Hall–Kier alpha value is -6.95. The molecule has 10 rings (SSSR count). The molecule has 1 aliphatic carbocycles. The third kappa shape index (κ3) is 7.18. The smallest absolute Gasteiger partial charge is 0.337 e. The molecule has 0 bridgehead atoms. The van der Waals surface area contributed by atoms with Gasteiger partial charge in [-0.2, -0.15) is 0 Å². The van der Waals surface area contributed by atoms with Crippen LogP contribution in [0.2, 0.25) is 0 Å². The van der Waals surface area contributed by atoms with Crippen LogP contribution in [0.1, 0.15) is 114 Å². The highest BCUT2D eigenvalue weighted by Crippen LogP contribution is 2.49. The summed E-state index contributed by atoms with van der Waals surface area (Å²) in [4.78, 5) is 68.0. The Kier molecular flexibility index (Phi) is 11.7. The van der Waals surface area contributed by atoms with Gasteiger partial charge in [-0.1, -0.05) is 64.0 Å². The lowest BCUT2D eigenvalue weighted by molar-refractivity contribution is -0.168. The number of morpholine rings is 1. The van der Waals surface area contributed by atoms with Crippen molar-refractivity contribution >= 4 is 28.7 Å². The Morgan fingerprint density at radius 1 is 1.00 bits per heavy atom. The molecule has 1 fully saturated rings. The molecule has 1 amide bonds. The molecule has 6 heterocycles. The number of rotatable bonds is 11. The SMILES string of the molecule is CC[C@@]1(N(C(=O)c2noc(-c3cc(C(C)C)c(O)cc3O)c2-c2ccc(CN3CCOCC3)cc2)[C@@H](C(=O)O)C(C)C)C(=O)OCc2c1cc1n(c2=O)Cc2c-1nc1cc(F)c(C)c3c1c2[C@H](N)CC3. The number of amides is 1. The molecule has 6 aromatic rings. The highest BCUT2D eigenvalue weighted by molar-refractivity contribution is 6.06. The van der Waals surface area contributed by atoms with Crippen molar-refractivity contribution in [1.29, 1.82) is 0 Å². The van der Waals surface area contributed by atoms with Crippen molar-refractivity contribution in [2.45, 2.75) is 104 Å². The van der Waals surface area contributed by atoms with Gasteiger partial charge >= 0.3 is 11.9 Å². The summed E-state index contributed by atoms with van der Waals surface area (Å²) in [5, 5.41) is 38.6. The van der Waals surface area contributed by atoms with Crippen molar-refractivity contribution in [3.8, 4) is 45.3 Å². The maximum atomic E-state index is 16.0. The molecule has 0 unspecified atom stereocenters. The molecule has 17 heteroatoms. The molecule has 3 aliphatic heterocycles. The fourth-order valence-corrected chi connectivity index (χ4v) is 11.3. The molecule has 0 spiro atoms. The Balaban J connectivity index is 1.19. The van der Waals surface area contributed by atoms with E-state index in [2.05, 4.69) is 10.1 Å². The standard InChI is InChI=1S/C53H55FN6O10/c1-7-53(35-19-39-45-33(23-59(39)49(63)34(35)24-69-52(53)67)43-37(55)13-12-30-27(6)36(54)20-38(56-45)44(30)43)60(47(26(4)5)51(65)66)50(64)46-42(29-10-8-28(9-11-29)22-58-14-16-68-17-15-58)48(70-57-46)32-18-31(25(2)3)40(61)21-41(32)62/h8-11,18-21,25-26,37,47,61-62H,7,12-17,22-24,55H2,1-6H3,(H,65,66)/t37-,47-,53+/m1/s1. The van der Waals surface area contributed by atoms with Crippen LogP contribution in [0.5, 0.6) is 11.5 Å². The maximum absolute atomic E-state index is 16.0. The molecule has 16 nitrogen and oxygen atoms in total. The first-order valence-electron chi connectivity index (χ1n) is 23.8. The monoisotopic (exact) mass is 954 g/mol. The zero-order valence-corrected chi connectivity index (χ0v) is 39.9. The third-order valence-electron chi connectivity index (χ3n) is 14.9. The minimum Gasteiger partial charge on any atom is -0.508 e. The number of benzene rings is 3. The molecule has 364 valence electrons. The van der Waals surface area contributed by atoms with Gasteiger partial charge in [0.2, 0.25) is 0 Å². The van der Waals surface area contributed by atoms with Gasteiger partial charge in [-0.05, 0) is 83.5 Å². The van der Waals surface area contributed by atoms with E-state index in [9.17, 15) is 29.7 Å². The Morgan fingerprint density at radius 3 is 2.40 bits per heavy atom. The summed E-state index contributed by atoms with van der Waals surface area (Å²) in [5.74, 6) is -5.49. The van der Waals surface area contributed by atoms with Gasteiger partial charge in [0.1, 0.15) is 30.0 Å². The lowest BCUT2D eigenvalue weighted by Gasteiger charge is -2.47. The number of halogens is 1. The number of aromatic hydroxyl groups is 2. The third-order valence-corrected chi connectivity index (χ3v) is 14.9. The van der Waals surface area contributed by atoms with Crippen molar-refractivity contribution in [1.82, 2.24) is 24.5 Å². The number of nitrogens with two attached hydrogens (primary N) is 1. The van der Waals surface area contributed by atoms with Gasteiger partial charge in [0, 0.05) is 54.3 Å². The van der Waals surface area contributed by atoms with E-state index in [0.717, 1.165) is 40.1 Å². The molecule has 5 N–H and O–H groups in total. The zero-order valence-electron chi connectivity index (χ0n) is 39.9. The predicted molar refractivity (Wildman–Crippen MR) is 256 cm³/mol. The van der Waals surface area contributed by atoms with E-state index in [1.165, 1.54) is 16.7 Å². The number of carbonyl (C=O) groups excluding carboxylic acids is 2. The van der Waals surface area contributed by atoms with Gasteiger partial charge in [0.25, 0.3) is 11.5 Å². The molecule has 3 atom stereocenters. The average Bonchev–Trinajstić information content (AvgIpc) is 3.93. The minimum atomic E-state index is -2.25. The average molecular weight is 955 g/mol. The summed E-state index contributed by atoms with van der Waals surface area (Å²) in [6.45, 7) is 13.2. The first-order chi connectivity index (χ1) is 33.5. The number of carboxylic acid groups (broad SMARTS) is 1. The van der Waals surface area contributed by atoms with Gasteiger partial charge in [0.05, 0.1) is 53.4 Å². The van der Waals surface area contributed by atoms with Crippen molar-refractivity contribution in [2.24, 2.45) is 11.7 Å². The second kappa shape index (κ2) is 17.5. The van der Waals surface area contributed by atoms with Crippen molar-refractivity contribution in [2.75, 3.05) is 26.3 Å². The number of nitrogens with zero attached hydrogens (tertiary/aromatic N) is 5. The molecule has 0 radical (unpaired) electrons. The number of ether oxygens (including phenoxy) is 2. The van der Waals surface area contributed by atoms with E-state index >= 15 is 9.18 Å². The van der Waals surface area contributed by atoms with Gasteiger partial charge in [-0.3, -0.25) is 14.5 Å². The summed E-state index contributed by atoms with van der Waals surface area (Å²) in [6, 6.07) is 10.9. The first-order valence-corrected chi connectivity index (χ1v) is 23.8. The van der Waals surface area contributed by atoms with E-state index in [1.54, 1.807) is 52.0 Å². The van der Waals surface area contributed by atoms with Crippen molar-refractivity contribution in [3.05, 3.63) is 115 Å². The maximum Gasteiger partial charge on any atom is 0.337 e. The molecule has 3 aromatic carbocycles. The van der Waals surface area contributed by atoms with E-state index in [-0.39, 0.29) is 64.1 Å². The first kappa shape index (κ1) is 46.8. The number of carboxylic acids is 1. The van der Waals surface area contributed by atoms with Crippen LogP contribution < -0.4 is 11.3 Å². The molecular formula is C53H55FN6O10. The second-order valence-electron chi connectivity index (χ2n) is 19.6. The highest BCUT2D eigenvalue weighted by atomic mass is 19.1. The van der Waals surface area contributed by atoms with Gasteiger partial charge < -0.3 is 44.5 Å². The Bertz CT molecular complexity index is 3230. The van der Waals surface area contributed by atoms with E-state index in [4.69, 9.17) is 24.7 Å². The number of phenolic OH excluding ortho intramolecular Hbond substituents is 2. The zero-order chi connectivity index (χ0) is 49.7. The van der Waals surface area contributed by atoms with Crippen LogP contribution in [-0.4, -0.2) is 90.0 Å². The minimum absolute atomic E-state index is 0.0425. The summed E-state index contributed by atoms with van der Waals surface area (Å²) < 4.78 is 34.5. The van der Waals surface area contributed by atoms with Crippen LogP contribution in [0.4, 0.5) is 4.39 Å². The fourth-order valence-electron chi connectivity index (χ4n) is 11.3. The number of aryl methyl sites for hydroxylation is 1. The summed E-state index contributed by atoms with van der Waals surface area (Å²) in [7, 11) is 0. The molecule has 3 aromatic heterocycles. The lowest BCUT2D eigenvalue weighted by Crippen LogP contribution is -2.64. The van der Waals surface area contributed by atoms with Crippen molar-refractivity contribution < 1.29 is 48.1 Å².